The molecule has 0 spiro atoms. The van der Waals surface area contributed by atoms with Gasteiger partial charge in [-0.15, -0.1) is 0 Å². The van der Waals surface area contributed by atoms with E-state index in [0.29, 0.717) is 25.7 Å². The molecule has 19 heteroatoms. The van der Waals surface area contributed by atoms with Gasteiger partial charge in [0.1, 0.15) is 19.3 Å². The average molecular weight is 1550 g/mol. The monoisotopic (exact) mass is 1550 g/mol. The number of hydrogen-bond acceptors (Lipinski definition) is 15. The molecule has 0 amide bonds. The highest BCUT2D eigenvalue weighted by Crippen LogP contribution is 2.45. The van der Waals surface area contributed by atoms with E-state index in [9.17, 15) is 43.2 Å². The number of unbranched alkanes of at least 4 members (excludes halogenated alkanes) is 52. The van der Waals surface area contributed by atoms with Crippen molar-refractivity contribution in [3.63, 3.8) is 0 Å². The molecule has 6 atom stereocenters. The van der Waals surface area contributed by atoms with Crippen LogP contribution in [0.3, 0.4) is 0 Å². The predicted octanol–water partition coefficient (Wildman–Crippen LogP) is 26.5. The summed E-state index contributed by atoms with van der Waals surface area (Å²) in [6, 6.07) is 0. The van der Waals surface area contributed by atoms with Crippen molar-refractivity contribution in [2.45, 2.75) is 478 Å². The molecule has 0 fully saturated rings. The minimum Gasteiger partial charge on any atom is -0.462 e. The molecule has 17 nitrogen and oxygen atoms in total. The Hall–Kier alpha value is -1.94. The van der Waals surface area contributed by atoms with Crippen molar-refractivity contribution in [3.8, 4) is 0 Å². The molecule has 3 unspecified atom stereocenters. The van der Waals surface area contributed by atoms with Crippen molar-refractivity contribution in [2.24, 2.45) is 17.8 Å². The second kappa shape index (κ2) is 77.0. The molecule has 630 valence electrons. The summed E-state index contributed by atoms with van der Waals surface area (Å²) in [4.78, 5) is 73.2. The van der Waals surface area contributed by atoms with Crippen molar-refractivity contribution in [1.29, 1.82) is 0 Å². The van der Waals surface area contributed by atoms with Gasteiger partial charge in [-0.1, -0.05) is 408 Å². The van der Waals surface area contributed by atoms with Crippen LogP contribution in [0.15, 0.2) is 0 Å². The summed E-state index contributed by atoms with van der Waals surface area (Å²) in [6.45, 7) is 12.0. The van der Waals surface area contributed by atoms with Crippen LogP contribution in [0.4, 0.5) is 0 Å². The number of hydrogen-bond donors (Lipinski definition) is 3. The van der Waals surface area contributed by atoms with Gasteiger partial charge >= 0.3 is 39.5 Å². The molecule has 3 N–H and O–H groups in total. The number of rotatable bonds is 85. The van der Waals surface area contributed by atoms with E-state index in [2.05, 4.69) is 48.5 Å². The van der Waals surface area contributed by atoms with E-state index in [1.54, 1.807) is 0 Å². The van der Waals surface area contributed by atoms with Crippen LogP contribution in [0.2, 0.25) is 0 Å². The van der Waals surface area contributed by atoms with Gasteiger partial charge < -0.3 is 33.8 Å². The summed E-state index contributed by atoms with van der Waals surface area (Å²) in [6.07, 6.45) is 68.2. The molecule has 0 radical (unpaired) electrons. The molecule has 0 rings (SSSR count). The molecule has 0 bridgehead atoms. The van der Waals surface area contributed by atoms with Gasteiger partial charge in [0.25, 0.3) is 0 Å². The summed E-state index contributed by atoms with van der Waals surface area (Å²) >= 11 is 0. The summed E-state index contributed by atoms with van der Waals surface area (Å²) in [7, 11) is -9.93. The highest BCUT2D eigenvalue weighted by atomic mass is 31.2. The second-order valence-corrected chi connectivity index (χ2v) is 35.4. The predicted molar refractivity (Wildman–Crippen MR) is 437 cm³/mol. The lowest BCUT2D eigenvalue weighted by atomic mass is 10.00. The number of aliphatic hydroxyl groups is 1. The second-order valence-electron chi connectivity index (χ2n) is 32.5. The van der Waals surface area contributed by atoms with Crippen LogP contribution >= 0.6 is 15.6 Å². The fourth-order valence-electron chi connectivity index (χ4n) is 13.5. The average Bonchev–Trinajstić information content (AvgIpc) is 0.907. The highest BCUT2D eigenvalue weighted by Gasteiger charge is 2.31. The summed E-state index contributed by atoms with van der Waals surface area (Å²) in [5.74, 6) is 0.222. The van der Waals surface area contributed by atoms with Crippen LogP contribution in [0, 0.1) is 17.8 Å². The third kappa shape index (κ3) is 78.7. The number of aliphatic hydroxyl groups excluding tert-OH is 1. The van der Waals surface area contributed by atoms with E-state index in [-0.39, 0.29) is 25.7 Å². The van der Waals surface area contributed by atoms with Gasteiger partial charge in [-0.25, -0.2) is 9.13 Å². The van der Waals surface area contributed by atoms with Crippen molar-refractivity contribution in [3.05, 3.63) is 0 Å². The first-order valence-corrected chi connectivity index (χ1v) is 47.9. The molecule has 0 aliphatic carbocycles. The van der Waals surface area contributed by atoms with E-state index in [4.69, 9.17) is 37.0 Å². The van der Waals surface area contributed by atoms with Gasteiger partial charge in [0.15, 0.2) is 12.2 Å². The largest absolute Gasteiger partial charge is 0.472 e. The van der Waals surface area contributed by atoms with Crippen molar-refractivity contribution in [1.82, 2.24) is 0 Å². The SMILES string of the molecule is CCCCCCCCCCCCCCCCCCCCCCC(=O)OC[C@H](COP(=O)(O)OC[C@@H](O)COP(=O)(O)OC[C@@H](COC(=O)CCCCCCCCC(C)CC)OC(=O)CCCCCCCCCCCCCCC(C)C)OC(=O)CCCCCCCCCCCCCCCCCCCCC(C)C. The van der Waals surface area contributed by atoms with Gasteiger partial charge in [0, 0.05) is 25.7 Å². The van der Waals surface area contributed by atoms with E-state index in [1.807, 2.05) is 0 Å². The van der Waals surface area contributed by atoms with E-state index < -0.39 is 97.5 Å². The maximum absolute atomic E-state index is 13.2. The van der Waals surface area contributed by atoms with Gasteiger partial charge in [0.05, 0.1) is 26.4 Å². The van der Waals surface area contributed by atoms with Crippen molar-refractivity contribution >= 4 is 39.5 Å². The number of ether oxygens (including phenoxy) is 4. The summed E-state index contributed by atoms with van der Waals surface area (Å²) < 4.78 is 68.9. The highest BCUT2D eigenvalue weighted by molar-refractivity contribution is 7.47. The van der Waals surface area contributed by atoms with Crippen molar-refractivity contribution < 1.29 is 80.2 Å². The van der Waals surface area contributed by atoms with Crippen molar-refractivity contribution in [2.75, 3.05) is 39.6 Å². The van der Waals surface area contributed by atoms with E-state index in [0.717, 1.165) is 114 Å². The Bertz CT molecular complexity index is 2050. The normalized spacial score (nSPS) is 14.1. The van der Waals surface area contributed by atoms with Gasteiger partial charge in [-0.3, -0.25) is 37.3 Å². The zero-order chi connectivity index (χ0) is 77.9. The summed E-state index contributed by atoms with van der Waals surface area (Å²) in [5.41, 5.74) is 0. The zero-order valence-electron chi connectivity index (χ0n) is 69.9. The summed E-state index contributed by atoms with van der Waals surface area (Å²) in [5, 5.41) is 10.7. The number of esters is 4. The maximum Gasteiger partial charge on any atom is 0.472 e. The molecular weight excluding hydrogens is 1380 g/mol. The topological polar surface area (TPSA) is 237 Å². The minimum atomic E-state index is -4.97. The smallest absolute Gasteiger partial charge is 0.462 e. The molecular formula is C87H170O17P2. The standard InChI is InChI=1S/C87H170O17P2/c1-8-10-11-12-13-14-15-16-17-18-19-20-24-27-30-36-41-46-54-61-68-84(89)97-74-82(103-86(91)70-63-56-47-42-37-31-28-25-22-21-23-26-29-34-39-44-51-58-65-78(3)4)76-101-105(93,94)99-72-81(88)73-100-106(95,96)102-77-83(75-98-85(90)69-62-55-50-49-53-60-67-80(7)9-2)104-87(92)71-64-57-48-43-38-33-32-35-40-45-52-59-66-79(5)6/h78-83,88H,8-77H2,1-7H3,(H,93,94)(H,95,96)/t80?,81-,82-,83-/m1/s1. The maximum atomic E-state index is 13.2. The van der Waals surface area contributed by atoms with Gasteiger partial charge in [0.2, 0.25) is 0 Å². The quantitative estimate of drug-likeness (QED) is 0.0222. The fourth-order valence-corrected chi connectivity index (χ4v) is 15.1. The van der Waals surface area contributed by atoms with Crippen LogP contribution in [0.5, 0.6) is 0 Å². The number of phosphoric acid groups is 2. The lowest BCUT2D eigenvalue weighted by Crippen LogP contribution is -2.30. The lowest BCUT2D eigenvalue weighted by Gasteiger charge is -2.21. The number of phosphoric ester groups is 2. The van der Waals surface area contributed by atoms with Gasteiger partial charge in [-0.2, -0.15) is 0 Å². The zero-order valence-corrected chi connectivity index (χ0v) is 71.7. The van der Waals surface area contributed by atoms with E-state index >= 15 is 0 Å². The minimum absolute atomic E-state index is 0.106. The lowest BCUT2D eigenvalue weighted by molar-refractivity contribution is -0.161. The molecule has 0 aliphatic heterocycles. The first-order valence-electron chi connectivity index (χ1n) is 44.9. The number of carbonyl (C=O) groups excluding carboxylic acids is 4. The van der Waals surface area contributed by atoms with Crippen LogP contribution in [0.1, 0.15) is 459 Å². The Morgan fingerprint density at radius 1 is 0.274 bits per heavy atom. The molecule has 0 aromatic rings. The third-order valence-electron chi connectivity index (χ3n) is 20.7. The Labute approximate surface area is 651 Å². The van der Waals surface area contributed by atoms with Crippen LogP contribution in [-0.4, -0.2) is 96.7 Å². The van der Waals surface area contributed by atoms with Crippen LogP contribution < -0.4 is 0 Å². The molecule has 0 aromatic carbocycles. The van der Waals surface area contributed by atoms with Crippen LogP contribution in [-0.2, 0) is 65.4 Å². The van der Waals surface area contributed by atoms with Gasteiger partial charge in [-0.05, 0) is 43.4 Å². The Kier molecular flexibility index (Phi) is 75.6. The molecule has 106 heavy (non-hydrogen) atoms. The third-order valence-corrected chi connectivity index (χ3v) is 22.6. The first-order chi connectivity index (χ1) is 51.3. The number of carbonyl (C=O) groups is 4. The first kappa shape index (κ1) is 104. The molecule has 0 aromatic heterocycles. The molecule has 0 saturated carbocycles. The Morgan fingerprint density at radius 3 is 0.717 bits per heavy atom. The molecule has 0 aliphatic rings. The van der Waals surface area contributed by atoms with Crippen LogP contribution in [0.25, 0.3) is 0 Å². The molecule has 0 saturated heterocycles. The Balaban J connectivity index is 5.22. The van der Waals surface area contributed by atoms with E-state index in [1.165, 1.54) is 263 Å². The fraction of sp³-hybridized carbons (Fsp3) is 0.954. The Morgan fingerprint density at radius 2 is 0.481 bits per heavy atom. The molecule has 0 heterocycles.